The number of carbonyl (C=O) groups excluding carboxylic acids is 2. The van der Waals surface area contributed by atoms with Crippen molar-refractivity contribution in [2.75, 3.05) is 26.1 Å². The first-order valence-corrected chi connectivity index (χ1v) is 8.28. The third-order valence-corrected chi connectivity index (χ3v) is 4.00. The van der Waals surface area contributed by atoms with Gasteiger partial charge in [0.05, 0.1) is 29.7 Å². The van der Waals surface area contributed by atoms with Crippen LogP contribution in [0.4, 0.5) is 11.4 Å². The molecule has 0 spiro atoms. The molecule has 2 aromatic carbocycles. The molecule has 148 valence electrons. The van der Waals surface area contributed by atoms with E-state index in [4.69, 9.17) is 25.8 Å². The maximum atomic E-state index is 12.2. The summed E-state index contributed by atoms with van der Waals surface area (Å²) in [5.74, 6) is -1.07. The van der Waals surface area contributed by atoms with E-state index in [-0.39, 0.29) is 33.5 Å². The lowest BCUT2D eigenvalue weighted by Gasteiger charge is -2.12. The van der Waals surface area contributed by atoms with Gasteiger partial charge in [-0.3, -0.25) is 14.9 Å². The maximum Gasteiger partial charge on any atom is 0.338 e. The minimum absolute atomic E-state index is 0.0442. The van der Waals surface area contributed by atoms with Gasteiger partial charge in [-0.15, -0.1) is 0 Å². The number of anilines is 1. The molecule has 0 atom stereocenters. The average molecular weight is 409 g/mol. The van der Waals surface area contributed by atoms with Gasteiger partial charge in [0.1, 0.15) is 5.69 Å². The van der Waals surface area contributed by atoms with Crippen LogP contribution in [-0.2, 0) is 9.53 Å². The SMILES string of the molecule is COc1cc(C(=O)OCC(=O)Nc2c(C)cccc2[N+](=O)[O-])cc(Cl)c1OC. The number of nitro benzene ring substituents is 1. The molecule has 9 nitrogen and oxygen atoms in total. The molecule has 0 aliphatic carbocycles. The number of methoxy groups -OCH3 is 2. The molecular formula is C18H17ClN2O7. The number of hydrogen-bond donors (Lipinski definition) is 1. The second-order valence-electron chi connectivity index (χ2n) is 5.54. The summed E-state index contributed by atoms with van der Waals surface area (Å²) in [6.07, 6.45) is 0. The van der Waals surface area contributed by atoms with Crippen molar-refractivity contribution in [3.8, 4) is 11.5 Å². The Hall–Kier alpha value is -3.33. The van der Waals surface area contributed by atoms with E-state index in [9.17, 15) is 19.7 Å². The molecule has 0 saturated heterocycles. The lowest BCUT2D eigenvalue weighted by molar-refractivity contribution is -0.384. The number of nitro groups is 1. The molecule has 0 radical (unpaired) electrons. The van der Waals surface area contributed by atoms with Crippen molar-refractivity contribution in [2.24, 2.45) is 0 Å². The summed E-state index contributed by atoms with van der Waals surface area (Å²) < 4.78 is 15.1. The summed E-state index contributed by atoms with van der Waals surface area (Å²) >= 11 is 6.04. The van der Waals surface area contributed by atoms with Crippen LogP contribution in [0.25, 0.3) is 0 Å². The molecule has 1 amide bonds. The van der Waals surface area contributed by atoms with Crippen molar-refractivity contribution in [1.29, 1.82) is 0 Å². The normalized spacial score (nSPS) is 10.1. The van der Waals surface area contributed by atoms with Gasteiger partial charge in [0.25, 0.3) is 11.6 Å². The molecule has 28 heavy (non-hydrogen) atoms. The summed E-state index contributed by atoms with van der Waals surface area (Å²) in [6.45, 7) is 0.969. The van der Waals surface area contributed by atoms with Gasteiger partial charge in [0.15, 0.2) is 18.1 Å². The molecule has 0 aromatic heterocycles. The number of ether oxygens (including phenoxy) is 3. The van der Waals surface area contributed by atoms with Gasteiger partial charge in [-0.2, -0.15) is 0 Å². The van der Waals surface area contributed by atoms with Crippen LogP contribution in [0.2, 0.25) is 5.02 Å². The van der Waals surface area contributed by atoms with Crippen molar-refractivity contribution in [2.45, 2.75) is 6.92 Å². The minimum Gasteiger partial charge on any atom is -0.493 e. The number of esters is 1. The molecule has 2 aromatic rings. The van der Waals surface area contributed by atoms with E-state index in [1.165, 1.54) is 38.5 Å². The third-order valence-electron chi connectivity index (χ3n) is 3.72. The topological polar surface area (TPSA) is 117 Å². The molecule has 10 heteroatoms. The van der Waals surface area contributed by atoms with Crippen LogP contribution in [0.1, 0.15) is 15.9 Å². The van der Waals surface area contributed by atoms with E-state index in [1.54, 1.807) is 13.0 Å². The second-order valence-corrected chi connectivity index (χ2v) is 5.95. The summed E-state index contributed by atoms with van der Waals surface area (Å²) in [6, 6.07) is 7.05. The van der Waals surface area contributed by atoms with Crippen LogP contribution < -0.4 is 14.8 Å². The van der Waals surface area contributed by atoms with Crippen molar-refractivity contribution in [1.82, 2.24) is 0 Å². The number of benzene rings is 2. The highest BCUT2D eigenvalue weighted by Gasteiger charge is 2.20. The Morgan fingerprint density at radius 1 is 1.21 bits per heavy atom. The van der Waals surface area contributed by atoms with Crippen LogP contribution in [0.15, 0.2) is 30.3 Å². The van der Waals surface area contributed by atoms with E-state index >= 15 is 0 Å². The lowest BCUT2D eigenvalue weighted by atomic mass is 10.1. The van der Waals surface area contributed by atoms with Crippen molar-refractivity contribution >= 4 is 34.9 Å². The van der Waals surface area contributed by atoms with Crippen LogP contribution in [-0.4, -0.2) is 37.6 Å². The van der Waals surface area contributed by atoms with E-state index in [0.29, 0.717) is 5.56 Å². The van der Waals surface area contributed by atoms with E-state index in [2.05, 4.69) is 5.32 Å². The molecule has 0 bridgehead atoms. The number of halogens is 1. The third kappa shape index (κ3) is 4.68. The second kappa shape index (κ2) is 9.05. The zero-order chi connectivity index (χ0) is 20.8. The van der Waals surface area contributed by atoms with Gasteiger partial charge in [-0.25, -0.2) is 4.79 Å². The number of aryl methyl sites for hydroxylation is 1. The molecule has 0 saturated carbocycles. The fraction of sp³-hybridized carbons (Fsp3) is 0.222. The summed E-state index contributed by atoms with van der Waals surface area (Å²) in [5.41, 5.74) is 0.340. The van der Waals surface area contributed by atoms with E-state index in [0.717, 1.165) is 0 Å². The van der Waals surface area contributed by atoms with Gasteiger partial charge >= 0.3 is 5.97 Å². The number of hydrogen-bond acceptors (Lipinski definition) is 7. The van der Waals surface area contributed by atoms with Gasteiger partial charge in [0.2, 0.25) is 0 Å². The molecule has 0 aliphatic heterocycles. The molecule has 2 rings (SSSR count). The Morgan fingerprint density at radius 3 is 2.54 bits per heavy atom. The van der Waals surface area contributed by atoms with Crippen molar-refractivity contribution in [3.05, 3.63) is 56.6 Å². The minimum atomic E-state index is -0.822. The van der Waals surface area contributed by atoms with Crippen LogP contribution in [0.3, 0.4) is 0 Å². The lowest BCUT2D eigenvalue weighted by Crippen LogP contribution is -2.22. The number of nitrogens with zero attached hydrogens (tertiary/aromatic N) is 1. The monoisotopic (exact) mass is 408 g/mol. The highest BCUT2D eigenvalue weighted by atomic mass is 35.5. The smallest absolute Gasteiger partial charge is 0.338 e. The predicted octanol–water partition coefficient (Wildman–Crippen LogP) is 3.37. The first kappa shape index (κ1) is 21.0. The average Bonchev–Trinajstić information content (AvgIpc) is 2.66. The number of carbonyl (C=O) groups is 2. The highest BCUT2D eigenvalue weighted by molar-refractivity contribution is 6.32. The Bertz CT molecular complexity index is 930. The molecule has 0 heterocycles. The number of nitrogens with one attached hydrogen (secondary N) is 1. The highest BCUT2D eigenvalue weighted by Crippen LogP contribution is 2.36. The predicted molar refractivity (Wildman–Crippen MR) is 101 cm³/mol. The van der Waals surface area contributed by atoms with Crippen LogP contribution in [0, 0.1) is 17.0 Å². The number of rotatable bonds is 7. The zero-order valence-electron chi connectivity index (χ0n) is 15.3. The van der Waals surface area contributed by atoms with Gasteiger partial charge in [-0.1, -0.05) is 23.7 Å². The molecule has 0 fully saturated rings. The van der Waals surface area contributed by atoms with E-state index in [1.807, 2.05) is 0 Å². The Kier molecular flexibility index (Phi) is 6.78. The zero-order valence-corrected chi connectivity index (χ0v) is 16.0. The Balaban J connectivity index is 2.09. The summed E-state index contributed by atoms with van der Waals surface area (Å²) in [4.78, 5) is 34.8. The Morgan fingerprint density at radius 2 is 1.93 bits per heavy atom. The summed E-state index contributed by atoms with van der Waals surface area (Å²) in [5, 5.41) is 13.6. The van der Waals surface area contributed by atoms with Gasteiger partial charge in [-0.05, 0) is 24.6 Å². The van der Waals surface area contributed by atoms with Crippen molar-refractivity contribution < 1.29 is 28.7 Å². The molecule has 0 unspecified atom stereocenters. The Labute approximate surface area is 165 Å². The fourth-order valence-corrected chi connectivity index (χ4v) is 2.68. The van der Waals surface area contributed by atoms with Gasteiger partial charge in [0, 0.05) is 6.07 Å². The summed E-state index contributed by atoms with van der Waals surface area (Å²) in [7, 11) is 2.78. The fourth-order valence-electron chi connectivity index (χ4n) is 2.39. The van der Waals surface area contributed by atoms with Crippen LogP contribution in [0.5, 0.6) is 11.5 Å². The molecule has 1 N–H and O–H groups in total. The first-order chi connectivity index (χ1) is 13.3. The van der Waals surface area contributed by atoms with Crippen LogP contribution >= 0.6 is 11.6 Å². The standard InChI is InChI=1S/C18H17ClN2O7/c1-10-5-4-6-13(21(24)25)16(10)20-15(22)9-28-18(23)11-7-12(19)17(27-3)14(8-11)26-2/h4-8H,9H2,1-3H3,(H,20,22). The molecule has 0 aliphatic rings. The number of amides is 1. The van der Waals surface area contributed by atoms with E-state index < -0.39 is 23.4 Å². The maximum absolute atomic E-state index is 12.2. The van der Waals surface area contributed by atoms with Gasteiger partial charge < -0.3 is 19.5 Å². The van der Waals surface area contributed by atoms with Crippen molar-refractivity contribution in [3.63, 3.8) is 0 Å². The molecular weight excluding hydrogens is 392 g/mol. The quantitative estimate of drug-likeness (QED) is 0.424. The number of para-hydroxylation sites is 1. The first-order valence-electron chi connectivity index (χ1n) is 7.91. The largest absolute Gasteiger partial charge is 0.493 e.